The molecule has 1 unspecified atom stereocenters. The van der Waals surface area contributed by atoms with Crippen LogP contribution in [0.25, 0.3) is 0 Å². The van der Waals surface area contributed by atoms with E-state index in [1.54, 1.807) is 12.1 Å². The zero-order chi connectivity index (χ0) is 16.7. The zero-order valence-electron chi connectivity index (χ0n) is 12.7. The number of benzene rings is 2. The lowest BCUT2D eigenvalue weighted by Gasteiger charge is -2.13. The predicted octanol–water partition coefficient (Wildman–Crippen LogP) is 4.19. The third-order valence-corrected chi connectivity index (χ3v) is 3.18. The second kappa shape index (κ2) is 8.00. The van der Waals surface area contributed by atoms with Gasteiger partial charge in [0.15, 0.2) is 0 Å². The van der Waals surface area contributed by atoms with Crippen LogP contribution in [0.15, 0.2) is 58.8 Å². The molecular formula is C16H18N4O3. The zero-order valence-corrected chi connectivity index (χ0v) is 12.7. The van der Waals surface area contributed by atoms with Gasteiger partial charge in [-0.3, -0.25) is 10.1 Å². The van der Waals surface area contributed by atoms with Crippen molar-refractivity contribution < 1.29 is 10.0 Å². The van der Waals surface area contributed by atoms with Gasteiger partial charge in [-0.25, -0.2) is 0 Å². The average Bonchev–Trinajstić information content (AvgIpc) is 2.55. The maximum Gasteiger partial charge on any atom is 0.269 e. The number of anilines is 1. The van der Waals surface area contributed by atoms with Gasteiger partial charge in [-0.15, -0.1) is 0 Å². The van der Waals surface area contributed by atoms with Crippen LogP contribution in [0.4, 0.5) is 22.7 Å². The molecule has 0 fully saturated rings. The highest BCUT2D eigenvalue weighted by Crippen LogP contribution is 2.22. The summed E-state index contributed by atoms with van der Waals surface area (Å²) in [6, 6.07) is 13.5. The Labute approximate surface area is 133 Å². The van der Waals surface area contributed by atoms with Gasteiger partial charge in [0, 0.05) is 30.5 Å². The Bertz CT molecular complexity index is 669. The summed E-state index contributed by atoms with van der Waals surface area (Å²) in [5.74, 6) is 0. The first-order chi connectivity index (χ1) is 11.1. The van der Waals surface area contributed by atoms with Crippen molar-refractivity contribution in [2.75, 3.05) is 11.9 Å². The normalized spacial score (nSPS) is 12.3. The molecule has 0 amide bonds. The molecule has 2 aromatic carbocycles. The van der Waals surface area contributed by atoms with Crippen molar-refractivity contribution in [1.82, 2.24) is 0 Å². The summed E-state index contributed by atoms with van der Waals surface area (Å²) >= 11 is 0. The van der Waals surface area contributed by atoms with Crippen LogP contribution < -0.4 is 5.32 Å². The molecule has 0 radical (unpaired) electrons. The first-order valence-electron chi connectivity index (χ1n) is 7.22. The van der Waals surface area contributed by atoms with E-state index in [4.69, 9.17) is 5.11 Å². The number of nitro benzene ring substituents is 1. The SMILES string of the molecule is CC(CCO)Nc1ccc(N=Nc2ccc([N+](=O)[O-])cc2)cc1. The molecule has 0 spiro atoms. The lowest BCUT2D eigenvalue weighted by Crippen LogP contribution is -2.16. The number of nitrogens with one attached hydrogen (secondary N) is 1. The maximum absolute atomic E-state index is 10.6. The summed E-state index contributed by atoms with van der Waals surface area (Å²) in [6.07, 6.45) is 0.682. The number of hydrogen-bond acceptors (Lipinski definition) is 6. The largest absolute Gasteiger partial charge is 0.396 e. The highest BCUT2D eigenvalue weighted by atomic mass is 16.6. The van der Waals surface area contributed by atoms with Crippen LogP contribution in [0, 0.1) is 10.1 Å². The number of hydrogen-bond donors (Lipinski definition) is 2. The number of rotatable bonds is 7. The van der Waals surface area contributed by atoms with Crippen molar-refractivity contribution in [1.29, 1.82) is 0 Å². The number of aliphatic hydroxyl groups is 1. The van der Waals surface area contributed by atoms with Crippen molar-refractivity contribution >= 4 is 22.7 Å². The summed E-state index contributed by atoms with van der Waals surface area (Å²) in [5, 5.41) is 30.9. The quantitative estimate of drug-likeness (QED) is 0.454. The molecule has 0 aliphatic heterocycles. The van der Waals surface area contributed by atoms with Crippen LogP contribution in [-0.2, 0) is 0 Å². The van der Waals surface area contributed by atoms with E-state index in [9.17, 15) is 10.1 Å². The van der Waals surface area contributed by atoms with Crippen LogP contribution in [0.5, 0.6) is 0 Å². The molecule has 120 valence electrons. The fourth-order valence-corrected chi connectivity index (χ4v) is 1.93. The highest BCUT2D eigenvalue weighted by Gasteiger charge is 2.03. The molecule has 2 aromatic rings. The molecule has 2 N–H and O–H groups in total. The van der Waals surface area contributed by atoms with Gasteiger partial charge in [-0.1, -0.05) is 0 Å². The maximum atomic E-state index is 10.6. The van der Waals surface area contributed by atoms with Crippen molar-refractivity contribution in [3.63, 3.8) is 0 Å². The second-order valence-corrected chi connectivity index (χ2v) is 5.08. The van der Waals surface area contributed by atoms with Gasteiger partial charge in [0.2, 0.25) is 0 Å². The molecule has 0 saturated heterocycles. The van der Waals surface area contributed by atoms with E-state index in [1.807, 2.05) is 31.2 Å². The van der Waals surface area contributed by atoms with Gasteiger partial charge in [-0.05, 0) is 49.7 Å². The smallest absolute Gasteiger partial charge is 0.269 e. The Kier molecular flexibility index (Phi) is 5.76. The summed E-state index contributed by atoms with van der Waals surface area (Å²) < 4.78 is 0. The molecule has 0 aliphatic rings. The predicted molar refractivity (Wildman–Crippen MR) is 88.5 cm³/mol. The molecule has 7 heteroatoms. The summed E-state index contributed by atoms with van der Waals surface area (Å²) in [7, 11) is 0. The van der Waals surface area contributed by atoms with Crippen LogP contribution >= 0.6 is 0 Å². The molecule has 7 nitrogen and oxygen atoms in total. The Balaban J connectivity index is 1.98. The summed E-state index contributed by atoms with van der Waals surface area (Å²) in [4.78, 5) is 10.1. The van der Waals surface area contributed by atoms with Gasteiger partial charge in [-0.2, -0.15) is 10.2 Å². The first kappa shape index (κ1) is 16.6. The van der Waals surface area contributed by atoms with E-state index in [1.165, 1.54) is 12.1 Å². The van der Waals surface area contributed by atoms with E-state index in [0.29, 0.717) is 17.8 Å². The molecule has 2 rings (SSSR count). The average molecular weight is 314 g/mol. The second-order valence-electron chi connectivity index (χ2n) is 5.08. The third-order valence-electron chi connectivity index (χ3n) is 3.18. The van der Waals surface area contributed by atoms with Gasteiger partial charge in [0.1, 0.15) is 0 Å². The lowest BCUT2D eigenvalue weighted by molar-refractivity contribution is -0.384. The Hall–Kier alpha value is -2.80. The molecule has 0 aliphatic carbocycles. The monoisotopic (exact) mass is 314 g/mol. The van der Waals surface area contributed by atoms with Gasteiger partial charge >= 0.3 is 0 Å². The lowest BCUT2D eigenvalue weighted by atomic mass is 10.2. The molecule has 1 atom stereocenters. The minimum Gasteiger partial charge on any atom is -0.396 e. The molecule has 0 bridgehead atoms. The Morgan fingerprint density at radius 1 is 1.09 bits per heavy atom. The van der Waals surface area contributed by atoms with Gasteiger partial charge in [0.25, 0.3) is 5.69 Å². The van der Waals surface area contributed by atoms with Crippen LogP contribution in [0.2, 0.25) is 0 Å². The number of aliphatic hydroxyl groups excluding tert-OH is 1. The fourth-order valence-electron chi connectivity index (χ4n) is 1.93. The topological polar surface area (TPSA) is 100 Å². The number of nitro groups is 1. The Morgan fingerprint density at radius 2 is 1.61 bits per heavy atom. The van der Waals surface area contributed by atoms with Gasteiger partial charge in [0.05, 0.1) is 16.3 Å². The van der Waals surface area contributed by atoms with Gasteiger partial charge < -0.3 is 10.4 Å². The molecule has 0 saturated carbocycles. The Morgan fingerprint density at radius 3 is 2.09 bits per heavy atom. The van der Waals surface area contributed by atoms with E-state index in [0.717, 1.165) is 5.69 Å². The van der Waals surface area contributed by atoms with E-state index in [-0.39, 0.29) is 18.3 Å². The van der Waals surface area contributed by atoms with E-state index in [2.05, 4.69) is 15.5 Å². The third kappa shape index (κ3) is 5.15. The van der Waals surface area contributed by atoms with Crippen molar-refractivity contribution in [3.8, 4) is 0 Å². The summed E-state index contributed by atoms with van der Waals surface area (Å²) in [5.41, 5.74) is 2.20. The van der Waals surface area contributed by atoms with Crippen LogP contribution in [0.1, 0.15) is 13.3 Å². The summed E-state index contributed by atoms with van der Waals surface area (Å²) in [6.45, 7) is 2.15. The highest BCUT2D eigenvalue weighted by molar-refractivity contribution is 5.51. The number of nitrogens with zero attached hydrogens (tertiary/aromatic N) is 3. The van der Waals surface area contributed by atoms with Crippen LogP contribution in [-0.4, -0.2) is 22.7 Å². The number of azo groups is 1. The minimum atomic E-state index is -0.454. The first-order valence-corrected chi connectivity index (χ1v) is 7.22. The van der Waals surface area contributed by atoms with Crippen LogP contribution in [0.3, 0.4) is 0 Å². The molecule has 0 aromatic heterocycles. The molecule has 0 heterocycles. The standard InChI is InChI=1S/C16H18N4O3/c1-12(10-11-21)17-13-2-4-14(5-3-13)18-19-15-6-8-16(9-7-15)20(22)23/h2-9,12,17,21H,10-11H2,1H3. The van der Waals surface area contributed by atoms with E-state index < -0.39 is 4.92 Å². The fraction of sp³-hybridized carbons (Fsp3) is 0.250. The van der Waals surface area contributed by atoms with Crippen molar-refractivity contribution in [3.05, 3.63) is 58.6 Å². The minimum absolute atomic E-state index is 0.0244. The van der Waals surface area contributed by atoms with Crippen molar-refractivity contribution in [2.45, 2.75) is 19.4 Å². The van der Waals surface area contributed by atoms with E-state index >= 15 is 0 Å². The molecule has 23 heavy (non-hydrogen) atoms. The molecular weight excluding hydrogens is 296 g/mol. The number of non-ortho nitro benzene ring substituents is 1. The van der Waals surface area contributed by atoms with Crippen molar-refractivity contribution in [2.24, 2.45) is 10.2 Å².